The molecule has 1 fully saturated rings. The number of rotatable bonds is 11. The van der Waals surface area contributed by atoms with Crippen molar-refractivity contribution in [2.75, 3.05) is 27.4 Å². The second-order valence-corrected chi connectivity index (χ2v) is 17.5. The summed E-state index contributed by atoms with van der Waals surface area (Å²) in [5.41, 5.74) is 1.95. The molecule has 0 aromatic heterocycles. The molecule has 3 aliphatic rings. The Morgan fingerprint density at radius 3 is 2.18 bits per heavy atom. The van der Waals surface area contributed by atoms with E-state index in [0.717, 1.165) is 22.6 Å². The van der Waals surface area contributed by atoms with Crippen molar-refractivity contribution >= 4 is 8.32 Å². The molecule has 0 N–H and O–H groups in total. The summed E-state index contributed by atoms with van der Waals surface area (Å²) in [6, 6.07) is 15.5. The minimum atomic E-state index is -2.11. The van der Waals surface area contributed by atoms with Crippen LogP contribution in [-0.4, -0.2) is 72.6 Å². The van der Waals surface area contributed by atoms with E-state index in [-0.39, 0.29) is 36.1 Å². The number of methoxy groups -OCH3 is 2. The topological polar surface area (TPSA) is 83.1 Å². The summed E-state index contributed by atoms with van der Waals surface area (Å²) in [6.45, 7) is 12.2. The maximum Gasteiger partial charge on any atom is 0.193 e. The highest BCUT2D eigenvalue weighted by atomic mass is 28.4. The lowest BCUT2D eigenvalue weighted by atomic mass is 10.1. The summed E-state index contributed by atoms with van der Waals surface area (Å²) in [4.78, 5) is 0. The van der Waals surface area contributed by atoms with Crippen molar-refractivity contribution in [1.29, 1.82) is 0 Å². The van der Waals surface area contributed by atoms with E-state index >= 15 is 0 Å². The maximum absolute atomic E-state index is 6.82. The molecule has 240 valence electrons. The molecular formula is C34H46O9Si. The van der Waals surface area contributed by atoms with Gasteiger partial charge in [0.1, 0.15) is 35.9 Å². The molecule has 0 bridgehead atoms. The predicted octanol–water partition coefficient (Wildman–Crippen LogP) is 6.30. The molecule has 3 aliphatic heterocycles. The lowest BCUT2D eigenvalue weighted by Gasteiger charge is -2.43. The number of benzene rings is 2. The van der Waals surface area contributed by atoms with Crippen LogP contribution in [0.25, 0.3) is 0 Å². The Morgan fingerprint density at radius 1 is 0.841 bits per heavy atom. The zero-order valence-electron chi connectivity index (χ0n) is 26.8. The molecule has 2 aromatic rings. The van der Waals surface area contributed by atoms with Gasteiger partial charge in [0, 0.05) is 5.56 Å². The average Bonchev–Trinajstić information content (AvgIpc) is 3.02. The van der Waals surface area contributed by atoms with Crippen LogP contribution in [0.1, 0.15) is 38.2 Å². The van der Waals surface area contributed by atoms with Gasteiger partial charge in [0.05, 0.1) is 46.4 Å². The number of hydrogen-bond acceptors (Lipinski definition) is 9. The lowest BCUT2D eigenvalue weighted by Crippen LogP contribution is -2.53. The van der Waals surface area contributed by atoms with E-state index in [9.17, 15) is 0 Å². The highest BCUT2D eigenvalue weighted by Gasteiger charge is 2.44. The van der Waals surface area contributed by atoms with Crippen LogP contribution in [0.15, 0.2) is 73.0 Å². The first-order valence-corrected chi connectivity index (χ1v) is 18.1. The minimum Gasteiger partial charge on any atom is -0.497 e. The molecule has 0 amide bonds. The van der Waals surface area contributed by atoms with E-state index in [0.29, 0.717) is 13.2 Å². The van der Waals surface area contributed by atoms with Crippen LogP contribution < -0.4 is 9.47 Å². The molecule has 3 heterocycles. The number of hydrogen-bond donors (Lipinski definition) is 0. The summed E-state index contributed by atoms with van der Waals surface area (Å²) >= 11 is 0. The molecule has 0 spiro atoms. The van der Waals surface area contributed by atoms with Crippen molar-refractivity contribution in [3.8, 4) is 11.5 Å². The Balaban J connectivity index is 1.22. The van der Waals surface area contributed by atoms with Crippen LogP contribution in [0.2, 0.25) is 18.1 Å². The smallest absolute Gasteiger partial charge is 0.193 e. The zero-order chi connectivity index (χ0) is 31.3. The quantitative estimate of drug-likeness (QED) is 0.211. The van der Waals surface area contributed by atoms with E-state index in [1.807, 2.05) is 66.8 Å². The van der Waals surface area contributed by atoms with Crippen molar-refractivity contribution in [3.05, 3.63) is 84.1 Å². The molecule has 0 saturated carbocycles. The second kappa shape index (κ2) is 14.2. The van der Waals surface area contributed by atoms with Gasteiger partial charge in [-0.3, -0.25) is 0 Å². The van der Waals surface area contributed by atoms with Gasteiger partial charge in [0.25, 0.3) is 0 Å². The lowest BCUT2D eigenvalue weighted by molar-refractivity contribution is -0.286. The van der Waals surface area contributed by atoms with Gasteiger partial charge in [-0.05, 0) is 60.1 Å². The zero-order valence-corrected chi connectivity index (χ0v) is 27.8. The molecule has 9 nitrogen and oxygen atoms in total. The Bertz CT molecular complexity index is 1260. The summed E-state index contributed by atoms with van der Waals surface area (Å²) in [7, 11) is 1.19. The first kappa shape index (κ1) is 32.7. The molecule has 2 aromatic carbocycles. The molecule has 0 radical (unpaired) electrons. The van der Waals surface area contributed by atoms with Crippen LogP contribution in [0.3, 0.4) is 0 Å². The molecular weight excluding hydrogens is 580 g/mol. The molecule has 1 saturated heterocycles. The monoisotopic (exact) mass is 626 g/mol. The summed E-state index contributed by atoms with van der Waals surface area (Å²) < 4.78 is 54.6. The molecule has 5 rings (SSSR count). The molecule has 0 aliphatic carbocycles. The number of fused-ring (bicyclic) bond motifs is 1. The third-order valence-electron chi connectivity index (χ3n) is 8.69. The van der Waals surface area contributed by atoms with Gasteiger partial charge in [-0.2, -0.15) is 0 Å². The molecule has 1 unspecified atom stereocenters. The number of ether oxygens (including phenoxy) is 8. The van der Waals surface area contributed by atoms with Crippen LogP contribution >= 0.6 is 0 Å². The fourth-order valence-corrected chi connectivity index (χ4v) is 6.21. The summed E-state index contributed by atoms with van der Waals surface area (Å²) in [6.07, 6.45) is 4.88. The van der Waals surface area contributed by atoms with E-state index in [1.165, 1.54) is 0 Å². The van der Waals surface area contributed by atoms with Gasteiger partial charge < -0.3 is 42.3 Å². The Morgan fingerprint density at radius 2 is 1.52 bits per heavy atom. The van der Waals surface area contributed by atoms with Gasteiger partial charge in [0.2, 0.25) is 0 Å². The molecule has 7 atom stereocenters. The van der Waals surface area contributed by atoms with Gasteiger partial charge in [-0.15, -0.1) is 0 Å². The first-order chi connectivity index (χ1) is 21.1. The van der Waals surface area contributed by atoms with Gasteiger partial charge in [-0.25, -0.2) is 0 Å². The van der Waals surface area contributed by atoms with Crippen molar-refractivity contribution in [3.63, 3.8) is 0 Å². The average molecular weight is 627 g/mol. The van der Waals surface area contributed by atoms with Gasteiger partial charge in [0.15, 0.2) is 20.9 Å². The van der Waals surface area contributed by atoms with Gasteiger partial charge >= 0.3 is 0 Å². The van der Waals surface area contributed by atoms with Crippen molar-refractivity contribution in [1.82, 2.24) is 0 Å². The molecule has 10 heteroatoms. The second-order valence-electron chi connectivity index (χ2n) is 12.8. The third-order valence-corrected chi connectivity index (χ3v) is 13.2. The third kappa shape index (κ3) is 7.92. The first-order valence-electron chi connectivity index (χ1n) is 15.2. The van der Waals surface area contributed by atoms with Crippen molar-refractivity contribution in [2.24, 2.45) is 0 Å². The van der Waals surface area contributed by atoms with Crippen LogP contribution in [0.4, 0.5) is 0 Å². The molecule has 44 heavy (non-hydrogen) atoms. The van der Waals surface area contributed by atoms with E-state index < -0.39 is 27.0 Å². The largest absolute Gasteiger partial charge is 0.497 e. The van der Waals surface area contributed by atoms with Crippen molar-refractivity contribution < 1.29 is 42.3 Å². The minimum absolute atomic E-state index is 0.0411. The van der Waals surface area contributed by atoms with Gasteiger partial charge in [-0.1, -0.05) is 51.1 Å². The van der Waals surface area contributed by atoms with Crippen molar-refractivity contribution in [2.45, 2.75) is 88.6 Å². The Labute approximate surface area is 262 Å². The van der Waals surface area contributed by atoms with Crippen LogP contribution in [0, 0.1) is 0 Å². The SMILES string of the molecule is COc1ccc(CO[C@H]2[C@H](O[Si](C)(C)C(C)(C)C)C=CO[C@@H]2CO[C@H]2C=C[C@@H]3OC(c4ccc(OC)cc4)OC[C@H]3O2)cc1. The summed E-state index contributed by atoms with van der Waals surface area (Å²) in [5, 5.41) is 0.0411. The normalized spacial score (nSPS) is 28.7. The van der Waals surface area contributed by atoms with E-state index in [2.05, 4.69) is 33.9 Å². The fraction of sp³-hybridized carbons (Fsp3) is 0.529. The maximum atomic E-state index is 6.82. The highest BCUT2D eigenvalue weighted by molar-refractivity contribution is 6.74. The van der Waals surface area contributed by atoms with Crippen LogP contribution in [0.5, 0.6) is 11.5 Å². The van der Waals surface area contributed by atoms with E-state index in [4.69, 9.17) is 42.3 Å². The summed E-state index contributed by atoms with van der Waals surface area (Å²) in [5.74, 6) is 1.59. The highest BCUT2D eigenvalue weighted by Crippen LogP contribution is 2.39. The Hall–Kier alpha value is -2.70. The Kier molecular flexibility index (Phi) is 10.5. The predicted molar refractivity (Wildman–Crippen MR) is 168 cm³/mol. The fourth-order valence-electron chi connectivity index (χ4n) is 4.97. The van der Waals surface area contributed by atoms with E-state index in [1.54, 1.807) is 20.5 Å². The standard InChI is InChI=1S/C34H46O9Si/c1-34(2,3)44(6,7)43-28-18-19-37-30(32(28)39-20-23-8-12-25(35-4)13-9-23)22-38-31-17-16-27-29(41-31)21-40-33(42-27)24-10-14-26(36-5)15-11-24/h8-19,27-33H,20-22H2,1-7H3/t27-,28+,29+,30+,31+,32-,33?/m0/s1. The van der Waals surface area contributed by atoms with Crippen LogP contribution in [-0.2, 0) is 39.5 Å².